The number of rotatable bonds is 5. The van der Waals surface area contributed by atoms with E-state index >= 15 is 0 Å². The van der Waals surface area contributed by atoms with Gasteiger partial charge in [0.05, 0.1) is 35.1 Å². The Bertz CT molecular complexity index is 804. The SMILES string of the molecule is CC(C)CN1C(=Nc2ccc(C#N)c3c2CCCC3)SC[C@H]1[C@@H](C)OC(C)(C)C. The van der Waals surface area contributed by atoms with E-state index in [0.29, 0.717) is 12.0 Å². The van der Waals surface area contributed by atoms with E-state index in [1.165, 1.54) is 24.0 Å². The van der Waals surface area contributed by atoms with Gasteiger partial charge in [0, 0.05) is 12.3 Å². The molecule has 0 saturated carbocycles. The summed E-state index contributed by atoms with van der Waals surface area (Å²) in [5.41, 5.74) is 4.24. The van der Waals surface area contributed by atoms with Crippen molar-refractivity contribution in [2.75, 3.05) is 12.3 Å². The molecule has 0 unspecified atom stereocenters. The first-order chi connectivity index (χ1) is 13.7. The van der Waals surface area contributed by atoms with Crippen molar-refractivity contribution < 1.29 is 4.74 Å². The average Bonchev–Trinajstić information content (AvgIpc) is 3.02. The summed E-state index contributed by atoms with van der Waals surface area (Å²) in [7, 11) is 0. The summed E-state index contributed by atoms with van der Waals surface area (Å²) in [6.45, 7) is 14.1. The summed E-state index contributed by atoms with van der Waals surface area (Å²) in [4.78, 5) is 7.61. The molecule has 4 nitrogen and oxygen atoms in total. The van der Waals surface area contributed by atoms with Crippen LogP contribution in [-0.2, 0) is 17.6 Å². The molecule has 5 heteroatoms. The Balaban J connectivity index is 1.93. The van der Waals surface area contributed by atoms with Crippen molar-refractivity contribution in [3.63, 3.8) is 0 Å². The van der Waals surface area contributed by atoms with Crippen LogP contribution in [0.15, 0.2) is 17.1 Å². The topological polar surface area (TPSA) is 48.6 Å². The Labute approximate surface area is 180 Å². The van der Waals surface area contributed by atoms with Gasteiger partial charge < -0.3 is 9.64 Å². The van der Waals surface area contributed by atoms with E-state index in [0.717, 1.165) is 41.6 Å². The van der Waals surface area contributed by atoms with Crippen molar-refractivity contribution in [1.29, 1.82) is 5.26 Å². The van der Waals surface area contributed by atoms with Gasteiger partial charge in [0.2, 0.25) is 0 Å². The first-order valence-corrected chi connectivity index (χ1v) is 11.9. The quantitative estimate of drug-likeness (QED) is 0.621. The summed E-state index contributed by atoms with van der Waals surface area (Å²) in [6, 6.07) is 6.71. The molecule has 1 aliphatic carbocycles. The zero-order chi connectivity index (χ0) is 21.2. The number of ether oxygens (including phenoxy) is 1. The summed E-state index contributed by atoms with van der Waals surface area (Å²) >= 11 is 1.84. The van der Waals surface area contributed by atoms with Crippen molar-refractivity contribution in [3.8, 4) is 6.07 Å². The molecule has 0 N–H and O–H groups in total. The van der Waals surface area contributed by atoms with Crippen LogP contribution in [0.4, 0.5) is 5.69 Å². The van der Waals surface area contributed by atoms with Gasteiger partial charge in [0.15, 0.2) is 5.17 Å². The van der Waals surface area contributed by atoms with E-state index in [1.54, 1.807) is 0 Å². The number of benzene rings is 1. The van der Waals surface area contributed by atoms with E-state index in [1.807, 2.05) is 23.9 Å². The highest BCUT2D eigenvalue weighted by atomic mass is 32.2. The summed E-state index contributed by atoms with van der Waals surface area (Å²) < 4.78 is 6.31. The molecule has 2 atom stereocenters. The molecule has 1 heterocycles. The third-order valence-electron chi connectivity index (χ3n) is 5.52. The zero-order valence-electron chi connectivity index (χ0n) is 18.8. The lowest BCUT2D eigenvalue weighted by molar-refractivity contribution is -0.0737. The predicted molar refractivity (Wildman–Crippen MR) is 123 cm³/mol. The minimum Gasteiger partial charge on any atom is -0.371 e. The lowest BCUT2D eigenvalue weighted by Crippen LogP contribution is -2.46. The first kappa shape index (κ1) is 22.2. The lowest BCUT2D eigenvalue weighted by Gasteiger charge is -2.35. The fourth-order valence-corrected chi connectivity index (χ4v) is 5.67. The molecule has 29 heavy (non-hydrogen) atoms. The van der Waals surface area contributed by atoms with Crippen molar-refractivity contribution in [2.24, 2.45) is 10.9 Å². The van der Waals surface area contributed by atoms with Gasteiger partial charge in [0.1, 0.15) is 0 Å². The van der Waals surface area contributed by atoms with Crippen LogP contribution in [0, 0.1) is 17.2 Å². The fraction of sp³-hybridized carbons (Fsp3) is 0.667. The molecule has 158 valence electrons. The second-order valence-electron chi connectivity index (χ2n) is 9.66. The fourth-order valence-electron chi connectivity index (χ4n) is 4.36. The molecule has 1 aromatic carbocycles. The van der Waals surface area contributed by atoms with Crippen molar-refractivity contribution in [2.45, 2.75) is 85.0 Å². The van der Waals surface area contributed by atoms with Gasteiger partial charge in [0.25, 0.3) is 0 Å². The Morgan fingerprint density at radius 3 is 2.52 bits per heavy atom. The molecule has 0 spiro atoms. The van der Waals surface area contributed by atoms with Gasteiger partial charge in [-0.2, -0.15) is 5.26 Å². The number of amidine groups is 1. The molecule has 0 aromatic heterocycles. The van der Waals surface area contributed by atoms with Crippen LogP contribution in [-0.4, -0.2) is 40.1 Å². The normalized spacial score (nSPS) is 22.1. The maximum Gasteiger partial charge on any atom is 0.164 e. The summed E-state index contributed by atoms with van der Waals surface area (Å²) in [5.74, 6) is 1.56. The monoisotopic (exact) mass is 413 g/mol. The number of thioether (sulfide) groups is 1. The van der Waals surface area contributed by atoms with Crippen LogP contribution in [0.2, 0.25) is 0 Å². The van der Waals surface area contributed by atoms with Gasteiger partial charge in [-0.15, -0.1) is 0 Å². The largest absolute Gasteiger partial charge is 0.371 e. The van der Waals surface area contributed by atoms with E-state index in [9.17, 15) is 5.26 Å². The Morgan fingerprint density at radius 2 is 1.90 bits per heavy atom. The standard InChI is InChI=1S/C24H35N3OS/c1-16(2)14-27-22(17(3)28-24(4,5)6)15-29-23(27)26-21-12-11-18(13-25)19-9-7-8-10-20(19)21/h11-12,16-17,22H,7-10,14-15H2,1-6H3/t17-,22+/m1/s1. The highest BCUT2D eigenvalue weighted by Gasteiger charge is 2.36. The zero-order valence-corrected chi connectivity index (χ0v) is 19.6. The van der Waals surface area contributed by atoms with Gasteiger partial charge in [-0.3, -0.25) is 0 Å². The third-order valence-corrected chi connectivity index (χ3v) is 6.61. The van der Waals surface area contributed by atoms with E-state index in [-0.39, 0.29) is 11.7 Å². The molecular formula is C24H35N3OS. The van der Waals surface area contributed by atoms with Crippen LogP contribution in [0.25, 0.3) is 0 Å². The van der Waals surface area contributed by atoms with E-state index in [2.05, 4.69) is 52.5 Å². The minimum atomic E-state index is -0.153. The van der Waals surface area contributed by atoms with Gasteiger partial charge in [-0.05, 0) is 82.6 Å². The Hall–Kier alpha value is -1.51. The number of nitrogens with zero attached hydrogens (tertiary/aromatic N) is 3. The number of nitriles is 1. The van der Waals surface area contributed by atoms with Crippen molar-refractivity contribution in [1.82, 2.24) is 4.90 Å². The number of fused-ring (bicyclic) bond motifs is 1. The van der Waals surface area contributed by atoms with Crippen LogP contribution in [0.5, 0.6) is 0 Å². The van der Waals surface area contributed by atoms with Crippen LogP contribution in [0.1, 0.15) is 71.1 Å². The Kier molecular flexibility index (Phi) is 6.96. The molecular weight excluding hydrogens is 378 g/mol. The number of hydrogen-bond acceptors (Lipinski definition) is 4. The molecule has 1 aromatic rings. The highest BCUT2D eigenvalue weighted by molar-refractivity contribution is 8.14. The molecule has 3 rings (SSSR count). The van der Waals surface area contributed by atoms with Crippen LogP contribution in [0.3, 0.4) is 0 Å². The predicted octanol–water partition coefficient (Wildman–Crippen LogP) is 5.70. The second kappa shape index (κ2) is 9.10. The van der Waals surface area contributed by atoms with Crippen molar-refractivity contribution >= 4 is 22.6 Å². The molecule has 1 saturated heterocycles. The number of hydrogen-bond donors (Lipinski definition) is 0. The van der Waals surface area contributed by atoms with Gasteiger partial charge in [-0.1, -0.05) is 25.6 Å². The summed E-state index contributed by atoms with van der Waals surface area (Å²) in [6.07, 6.45) is 4.52. The molecule has 0 bridgehead atoms. The third kappa shape index (κ3) is 5.35. The summed E-state index contributed by atoms with van der Waals surface area (Å²) in [5, 5.41) is 10.6. The lowest BCUT2D eigenvalue weighted by atomic mass is 9.87. The molecule has 1 fully saturated rings. The van der Waals surface area contributed by atoms with Gasteiger partial charge >= 0.3 is 0 Å². The first-order valence-electron chi connectivity index (χ1n) is 10.9. The van der Waals surface area contributed by atoms with E-state index < -0.39 is 0 Å². The smallest absolute Gasteiger partial charge is 0.164 e. The average molecular weight is 414 g/mol. The van der Waals surface area contributed by atoms with Crippen molar-refractivity contribution in [3.05, 3.63) is 28.8 Å². The van der Waals surface area contributed by atoms with Crippen LogP contribution >= 0.6 is 11.8 Å². The molecule has 0 radical (unpaired) electrons. The Morgan fingerprint density at radius 1 is 1.21 bits per heavy atom. The number of aliphatic imine (C=N–C) groups is 1. The van der Waals surface area contributed by atoms with E-state index in [4.69, 9.17) is 9.73 Å². The molecule has 0 amide bonds. The second-order valence-corrected chi connectivity index (χ2v) is 10.6. The molecule has 1 aliphatic heterocycles. The van der Waals surface area contributed by atoms with Gasteiger partial charge in [-0.25, -0.2) is 4.99 Å². The maximum absolute atomic E-state index is 9.49. The molecule has 2 aliphatic rings. The maximum atomic E-state index is 9.49. The highest BCUT2D eigenvalue weighted by Crippen LogP contribution is 2.36. The minimum absolute atomic E-state index is 0.142. The van der Waals surface area contributed by atoms with Crippen LogP contribution < -0.4 is 0 Å².